The average Bonchev–Trinajstić information content (AvgIpc) is 2.30. The van der Waals surface area contributed by atoms with Gasteiger partial charge in [0, 0.05) is 33.9 Å². The van der Waals surface area contributed by atoms with Crippen LogP contribution in [0.5, 0.6) is 0 Å². The normalized spacial score (nSPS) is 9.56. The number of nitrogen functional groups attached to an aromatic ring is 4. The lowest BCUT2D eigenvalue weighted by atomic mass is 10.1. The molecule has 0 fully saturated rings. The molecule has 0 aliphatic carbocycles. The molecule has 2 rings (SSSR count). The van der Waals surface area contributed by atoms with E-state index in [0.717, 1.165) is 11.1 Å². The molecule has 2 aromatic rings. The summed E-state index contributed by atoms with van der Waals surface area (Å²) in [6.07, 6.45) is 0. The minimum absolute atomic E-state index is 0.552. The van der Waals surface area contributed by atoms with Crippen LogP contribution >= 0.6 is 0 Å². The Hall–Kier alpha value is -2.80. The Labute approximate surface area is 106 Å². The second kappa shape index (κ2) is 4.60. The van der Waals surface area contributed by atoms with Crippen LogP contribution in [0.25, 0.3) is 0 Å². The topological polar surface area (TPSA) is 104 Å². The minimum Gasteiger partial charge on any atom is -0.399 e. The first-order valence-corrected chi connectivity index (χ1v) is 5.38. The van der Waals surface area contributed by atoms with Gasteiger partial charge in [-0.15, -0.1) is 0 Å². The van der Waals surface area contributed by atoms with Crippen LogP contribution in [0, 0.1) is 11.8 Å². The molecule has 0 radical (unpaired) electrons. The maximum absolute atomic E-state index is 5.81. The van der Waals surface area contributed by atoms with Gasteiger partial charge in [0.25, 0.3) is 0 Å². The molecule has 0 unspecified atom stereocenters. The highest BCUT2D eigenvalue weighted by Gasteiger charge is 1.97. The summed E-state index contributed by atoms with van der Waals surface area (Å²) in [7, 11) is 0. The fourth-order valence-electron chi connectivity index (χ4n) is 1.52. The van der Waals surface area contributed by atoms with Gasteiger partial charge in [0.05, 0.1) is 0 Å². The van der Waals surface area contributed by atoms with Crippen molar-refractivity contribution >= 4 is 22.7 Å². The fraction of sp³-hybridized carbons (Fsp3) is 0. The van der Waals surface area contributed by atoms with E-state index in [-0.39, 0.29) is 0 Å². The lowest BCUT2D eigenvalue weighted by Gasteiger charge is -2.00. The van der Waals surface area contributed by atoms with Gasteiger partial charge in [0.1, 0.15) is 0 Å². The third-order valence-corrected chi connectivity index (χ3v) is 2.48. The molecule has 0 bridgehead atoms. The number of benzene rings is 2. The lowest BCUT2D eigenvalue weighted by Crippen LogP contribution is -1.94. The summed E-state index contributed by atoms with van der Waals surface area (Å²) in [5.74, 6) is 5.93. The molecule has 0 aromatic heterocycles. The van der Waals surface area contributed by atoms with Crippen molar-refractivity contribution in [1.29, 1.82) is 0 Å². The van der Waals surface area contributed by atoms with E-state index in [0.29, 0.717) is 22.7 Å². The summed E-state index contributed by atoms with van der Waals surface area (Å²) in [5.41, 5.74) is 26.6. The van der Waals surface area contributed by atoms with Gasteiger partial charge in [-0.3, -0.25) is 0 Å². The Morgan fingerprint density at radius 3 is 1.33 bits per heavy atom. The summed E-state index contributed by atoms with van der Waals surface area (Å²) in [6, 6.07) is 10.4. The molecule has 0 aliphatic rings. The molecule has 18 heavy (non-hydrogen) atoms. The van der Waals surface area contributed by atoms with Gasteiger partial charge in [-0.1, -0.05) is 11.8 Å². The Balaban J connectivity index is 2.37. The van der Waals surface area contributed by atoms with Crippen LogP contribution < -0.4 is 22.9 Å². The summed E-state index contributed by atoms with van der Waals surface area (Å²) < 4.78 is 0. The van der Waals surface area contributed by atoms with E-state index in [4.69, 9.17) is 22.9 Å². The predicted octanol–water partition coefficient (Wildman–Crippen LogP) is 1.42. The summed E-state index contributed by atoms with van der Waals surface area (Å²) in [5, 5.41) is 0. The third-order valence-electron chi connectivity index (χ3n) is 2.48. The Morgan fingerprint density at radius 2 is 1.00 bits per heavy atom. The molecule has 0 amide bonds. The number of anilines is 4. The Morgan fingerprint density at radius 1 is 0.611 bits per heavy atom. The van der Waals surface area contributed by atoms with Crippen LogP contribution in [0.2, 0.25) is 0 Å². The lowest BCUT2D eigenvalue weighted by molar-refractivity contribution is 1.60. The molecular weight excluding hydrogens is 224 g/mol. The molecule has 0 saturated carbocycles. The van der Waals surface area contributed by atoms with E-state index in [9.17, 15) is 0 Å². The second-order valence-corrected chi connectivity index (χ2v) is 3.94. The van der Waals surface area contributed by atoms with E-state index < -0.39 is 0 Å². The van der Waals surface area contributed by atoms with Crippen LogP contribution in [-0.2, 0) is 0 Å². The maximum atomic E-state index is 5.81. The van der Waals surface area contributed by atoms with Crippen molar-refractivity contribution in [2.24, 2.45) is 0 Å². The number of rotatable bonds is 0. The zero-order valence-corrected chi connectivity index (χ0v) is 9.77. The minimum atomic E-state index is 0.552. The highest BCUT2D eigenvalue weighted by atomic mass is 14.6. The van der Waals surface area contributed by atoms with E-state index in [1.807, 2.05) is 0 Å². The van der Waals surface area contributed by atoms with E-state index in [2.05, 4.69) is 11.8 Å². The zero-order chi connectivity index (χ0) is 13.1. The van der Waals surface area contributed by atoms with Gasteiger partial charge in [-0.25, -0.2) is 0 Å². The van der Waals surface area contributed by atoms with Crippen molar-refractivity contribution in [3.8, 4) is 11.8 Å². The van der Waals surface area contributed by atoms with Crippen molar-refractivity contribution in [3.63, 3.8) is 0 Å². The van der Waals surface area contributed by atoms with Crippen molar-refractivity contribution in [2.75, 3.05) is 22.9 Å². The quantitative estimate of drug-likeness (QED) is 0.411. The van der Waals surface area contributed by atoms with Crippen molar-refractivity contribution in [3.05, 3.63) is 47.5 Å². The van der Waals surface area contributed by atoms with Gasteiger partial charge in [-0.05, 0) is 36.4 Å². The van der Waals surface area contributed by atoms with Gasteiger partial charge in [-0.2, -0.15) is 0 Å². The number of nitrogens with two attached hydrogens (primary N) is 4. The van der Waals surface area contributed by atoms with Crippen LogP contribution in [0.1, 0.15) is 11.1 Å². The van der Waals surface area contributed by atoms with E-state index in [1.54, 1.807) is 36.4 Å². The van der Waals surface area contributed by atoms with Crippen LogP contribution in [0.3, 0.4) is 0 Å². The SMILES string of the molecule is Nc1ccc(C#Cc2ccc(N)cc2N)c(N)c1. The smallest absolute Gasteiger partial charge is 0.0493 e. The van der Waals surface area contributed by atoms with Crippen LogP contribution in [-0.4, -0.2) is 0 Å². The molecule has 90 valence electrons. The van der Waals surface area contributed by atoms with Crippen molar-refractivity contribution in [1.82, 2.24) is 0 Å². The molecule has 2 aromatic carbocycles. The van der Waals surface area contributed by atoms with E-state index >= 15 is 0 Å². The largest absolute Gasteiger partial charge is 0.399 e. The van der Waals surface area contributed by atoms with Crippen LogP contribution in [0.15, 0.2) is 36.4 Å². The predicted molar refractivity (Wildman–Crippen MR) is 76.5 cm³/mol. The highest BCUT2D eigenvalue weighted by molar-refractivity contribution is 5.66. The highest BCUT2D eigenvalue weighted by Crippen LogP contribution is 2.17. The van der Waals surface area contributed by atoms with E-state index in [1.165, 1.54) is 0 Å². The van der Waals surface area contributed by atoms with Gasteiger partial charge in [0.2, 0.25) is 0 Å². The molecule has 4 nitrogen and oxygen atoms in total. The van der Waals surface area contributed by atoms with Gasteiger partial charge < -0.3 is 22.9 Å². The summed E-state index contributed by atoms with van der Waals surface area (Å²) in [4.78, 5) is 0. The van der Waals surface area contributed by atoms with Crippen LogP contribution in [0.4, 0.5) is 22.7 Å². The maximum Gasteiger partial charge on any atom is 0.0493 e. The first-order valence-electron chi connectivity index (χ1n) is 5.38. The molecule has 8 N–H and O–H groups in total. The first-order chi connectivity index (χ1) is 8.56. The second-order valence-electron chi connectivity index (χ2n) is 3.94. The summed E-state index contributed by atoms with van der Waals surface area (Å²) >= 11 is 0. The number of hydrogen-bond donors (Lipinski definition) is 4. The van der Waals surface area contributed by atoms with Crippen molar-refractivity contribution in [2.45, 2.75) is 0 Å². The monoisotopic (exact) mass is 238 g/mol. The third kappa shape index (κ3) is 2.47. The van der Waals surface area contributed by atoms with Gasteiger partial charge in [0.15, 0.2) is 0 Å². The van der Waals surface area contributed by atoms with Crippen molar-refractivity contribution < 1.29 is 0 Å². The standard InChI is InChI=1S/C14H14N4/c15-11-5-3-9(13(17)7-11)1-2-10-4-6-12(16)8-14(10)18/h3-8H,15-18H2. The average molecular weight is 238 g/mol. The summed E-state index contributed by atoms with van der Waals surface area (Å²) in [6.45, 7) is 0. The fourth-order valence-corrected chi connectivity index (χ4v) is 1.52. The first kappa shape index (κ1) is 11.7. The molecule has 0 spiro atoms. The molecule has 0 aliphatic heterocycles. The molecule has 4 heteroatoms. The van der Waals surface area contributed by atoms with Gasteiger partial charge >= 0.3 is 0 Å². The zero-order valence-electron chi connectivity index (χ0n) is 9.77. The number of hydrogen-bond acceptors (Lipinski definition) is 4. The molecule has 0 atom stereocenters. The molecule has 0 heterocycles. The molecular formula is C14H14N4. The molecule has 0 saturated heterocycles. The Kier molecular flexibility index (Phi) is 2.98. The Bertz CT molecular complexity index is 595.